The summed E-state index contributed by atoms with van der Waals surface area (Å²) in [5, 5.41) is 4.36. The van der Waals surface area contributed by atoms with E-state index in [2.05, 4.69) is 42.2 Å². The molecule has 124 valence electrons. The molecule has 2 aromatic rings. The van der Waals surface area contributed by atoms with E-state index in [0.717, 1.165) is 52.2 Å². The highest BCUT2D eigenvalue weighted by atomic mass is 79.9. The molecule has 2 aromatic heterocycles. The predicted octanol–water partition coefficient (Wildman–Crippen LogP) is 2.90. The number of rotatable bonds is 6. The fraction of sp³-hybridized carbons (Fsp3) is 0.467. The van der Waals surface area contributed by atoms with Crippen LogP contribution in [-0.4, -0.2) is 43.4 Å². The minimum atomic E-state index is 0.607. The van der Waals surface area contributed by atoms with E-state index >= 15 is 0 Å². The maximum absolute atomic E-state index is 5.41. The molecule has 1 saturated heterocycles. The first-order valence-corrected chi connectivity index (χ1v) is 9.02. The molecule has 6 nitrogen and oxygen atoms in total. The minimum absolute atomic E-state index is 0.607. The molecule has 8 heteroatoms. The number of nitrogens with zero attached hydrogens (tertiary/aromatic N) is 3. The molecule has 0 bridgehead atoms. The van der Waals surface area contributed by atoms with Crippen LogP contribution in [0.25, 0.3) is 0 Å². The van der Waals surface area contributed by atoms with E-state index in [-0.39, 0.29) is 0 Å². The quantitative estimate of drug-likeness (QED) is 0.806. The molecule has 0 unspecified atom stereocenters. The number of hydrogen-bond acceptors (Lipinski definition) is 7. The molecular formula is C15H19BrN4O2S. The van der Waals surface area contributed by atoms with E-state index in [9.17, 15) is 0 Å². The Kier molecular flexibility index (Phi) is 5.82. The van der Waals surface area contributed by atoms with Gasteiger partial charge in [0, 0.05) is 38.7 Å². The summed E-state index contributed by atoms with van der Waals surface area (Å²) >= 11 is 5.24. The van der Waals surface area contributed by atoms with E-state index in [1.165, 1.54) is 0 Å². The van der Waals surface area contributed by atoms with Crippen molar-refractivity contribution in [1.82, 2.24) is 9.97 Å². The third-order valence-electron chi connectivity index (χ3n) is 3.50. The standard InChI is InChI=1S/C15H19BrN4O2S/c1-21-10-11-7-19-15(23-11)9-18-14-6-13(12(16)8-17-14)20-2-4-22-5-3-20/h6-8H,2-5,9-10H2,1H3,(H,17,18). The Morgan fingerprint density at radius 3 is 2.96 bits per heavy atom. The molecule has 0 atom stereocenters. The zero-order chi connectivity index (χ0) is 16.1. The lowest BCUT2D eigenvalue weighted by Gasteiger charge is -2.29. The van der Waals surface area contributed by atoms with Gasteiger partial charge in [-0.15, -0.1) is 11.3 Å². The number of halogens is 1. The number of aromatic nitrogens is 2. The molecule has 0 aliphatic carbocycles. The van der Waals surface area contributed by atoms with Gasteiger partial charge in [0.15, 0.2) is 0 Å². The van der Waals surface area contributed by atoms with Gasteiger partial charge in [-0.3, -0.25) is 0 Å². The number of anilines is 2. The average Bonchev–Trinajstić information content (AvgIpc) is 3.03. The highest BCUT2D eigenvalue weighted by molar-refractivity contribution is 9.10. The minimum Gasteiger partial charge on any atom is -0.379 e. The molecule has 3 heterocycles. The van der Waals surface area contributed by atoms with Crippen molar-refractivity contribution in [3.63, 3.8) is 0 Å². The highest BCUT2D eigenvalue weighted by Gasteiger charge is 2.15. The van der Waals surface area contributed by atoms with Gasteiger partial charge in [-0.1, -0.05) is 0 Å². The first-order valence-electron chi connectivity index (χ1n) is 7.41. The Morgan fingerprint density at radius 2 is 2.17 bits per heavy atom. The van der Waals surface area contributed by atoms with Gasteiger partial charge in [0.25, 0.3) is 0 Å². The van der Waals surface area contributed by atoms with Crippen molar-refractivity contribution in [2.24, 2.45) is 0 Å². The lowest BCUT2D eigenvalue weighted by Crippen LogP contribution is -2.36. The van der Waals surface area contributed by atoms with Crippen molar-refractivity contribution < 1.29 is 9.47 Å². The molecule has 1 fully saturated rings. The summed E-state index contributed by atoms with van der Waals surface area (Å²) in [6.45, 7) is 4.59. The van der Waals surface area contributed by atoms with Crippen LogP contribution < -0.4 is 10.2 Å². The van der Waals surface area contributed by atoms with Gasteiger partial charge in [-0.05, 0) is 15.9 Å². The van der Waals surface area contributed by atoms with Crippen LogP contribution in [0.3, 0.4) is 0 Å². The van der Waals surface area contributed by atoms with Crippen molar-refractivity contribution in [3.05, 3.63) is 32.8 Å². The highest BCUT2D eigenvalue weighted by Crippen LogP contribution is 2.28. The topological polar surface area (TPSA) is 59.5 Å². The maximum Gasteiger partial charge on any atom is 0.128 e. The number of morpholine rings is 1. The van der Waals surface area contributed by atoms with Gasteiger partial charge in [-0.25, -0.2) is 9.97 Å². The molecule has 1 aliphatic heterocycles. The lowest BCUT2D eigenvalue weighted by atomic mass is 10.3. The second kappa shape index (κ2) is 8.05. The number of ether oxygens (including phenoxy) is 2. The molecule has 0 radical (unpaired) electrons. The van der Waals surface area contributed by atoms with Crippen molar-refractivity contribution in [2.45, 2.75) is 13.2 Å². The van der Waals surface area contributed by atoms with Crippen molar-refractivity contribution >= 4 is 38.8 Å². The SMILES string of the molecule is COCc1cnc(CNc2cc(N3CCOCC3)c(Br)cn2)s1. The second-order valence-corrected chi connectivity index (χ2v) is 7.18. The molecule has 23 heavy (non-hydrogen) atoms. The van der Waals surface area contributed by atoms with Gasteiger partial charge in [0.1, 0.15) is 10.8 Å². The summed E-state index contributed by atoms with van der Waals surface area (Å²) < 4.78 is 11.5. The molecule has 0 amide bonds. The van der Waals surface area contributed by atoms with E-state index < -0.39 is 0 Å². The summed E-state index contributed by atoms with van der Waals surface area (Å²) in [6.07, 6.45) is 3.70. The van der Waals surface area contributed by atoms with Crippen LogP contribution in [0, 0.1) is 0 Å². The number of pyridine rings is 1. The molecule has 3 rings (SSSR count). The molecule has 0 spiro atoms. The predicted molar refractivity (Wildman–Crippen MR) is 95.1 cm³/mol. The summed E-state index contributed by atoms with van der Waals surface area (Å²) in [5.41, 5.74) is 1.14. The second-order valence-electron chi connectivity index (χ2n) is 5.13. The summed E-state index contributed by atoms with van der Waals surface area (Å²) in [7, 11) is 1.69. The Balaban J connectivity index is 1.65. The van der Waals surface area contributed by atoms with Gasteiger partial charge in [-0.2, -0.15) is 0 Å². The van der Waals surface area contributed by atoms with E-state index in [4.69, 9.17) is 9.47 Å². The van der Waals surface area contributed by atoms with E-state index in [1.807, 2.05) is 12.4 Å². The van der Waals surface area contributed by atoms with Crippen LogP contribution in [0.2, 0.25) is 0 Å². The average molecular weight is 399 g/mol. The van der Waals surface area contributed by atoms with Crippen molar-refractivity contribution in [2.75, 3.05) is 43.6 Å². The Bertz CT molecular complexity index is 646. The summed E-state index contributed by atoms with van der Waals surface area (Å²) in [5.74, 6) is 0.846. The number of thiazole rings is 1. The van der Waals surface area contributed by atoms with Gasteiger partial charge >= 0.3 is 0 Å². The largest absolute Gasteiger partial charge is 0.379 e. The molecule has 0 saturated carbocycles. The van der Waals surface area contributed by atoms with Crippen LogP contribution in [-0.2, 0) is 22.6 Å². The normalized spacial score (nSPS) is 15.0. The van der Waals surface area contributed by atoms with Gasteiger partial charge in [0.2, 0.25) is 0 Å². The van der Waals surface area contributed by atoms with E-state index in [1.54, 1.807) is 18.4 Å². The smallest absolute Gasteiger partial charge is 0.128 e. The summed E-state index contributed by atoms with van der Waals surface area (Å²) in [6, 6.07) is 2.07. The maximum atomic E-state index is 5.41. The molecule has 0 aromatic carbocycles. The van der Waals surface area contributed by atoms with Crippen LogP contribution in [0.1, 0.15) is 9.88 Å². The third kappa shape index (κ3) is 4.41. The van der Waals surface area contributed by atoms with Crippen LogP contribution in [0.5, 0.6) is 0 Å². The Morgan fingerprint density at radius 1 is 1.35 bits per heavy atom. The third-order valence-corrected chi connectivity index (χ3v) is 5.08. The fourth-order valence-corrected chi connectivity index (χ4v) is 3.68. The monoisotopic (exact) mass is 398 g/mol. The van der Waals surface area contributed by atoms with Gasteiger partial charge in [0.05, 0.1) is 41.4 Å². The summed E-state index contributed by atoms with van der Waals surface area (Å²) in [4.78, 5) is 12.3. The number of hydrogen-bond donors (Lipinski definition) is 1. The zero-order valence-electron chi connectivity index (χ0n) is 12.9. The first-order chi connectivity index (χ1) is 11.3. The molecule has 1 N–H and O–H groups in total. The number of methoxy groups -OCH3 is 1. The van der Waals surface area contributed by atoms with E-state index in [0.29, 0.717) is 13.2 Å². The van der Waals surface area contributed by atoms with Crippen LogP contribution >= 0.6 is 27.3 Å². The van der Waals surface area contributed by atoms with Gasteiger partial charge < -0.3 is 19.7 Å². The van der Waals surface area contributed by atoms with Crippen LogP contribution in [0.15, 0.2) is 22.9 Å². The lowest BCUT2D eigenvalue weighted by molar-refractivity contribution is 0.122. The zero-order valence-corrected chi connectivity index (χ0v) is 15.3. The Hall–Kier alpha value is -1.22. The molecule has 1 aliphatic rings. The number of nitrogens with one attached hydrogen (secondary N) is 1. The Labute approximate surface area is 148 Å². The van der Waals surface area contributed by atoms with Crippen molar-refractivity contribution in [1.29, 1.82) is 0 Å². The molecular weight excluding hydrogens is 380 g/mol. The first kappa shape index (κ1) is 16.6. The fourth-order valence-electron chi connectivity index (χ4n) is 2.38. The van der Waals surface area contributed by atoms with Crippen LogP contribution in [0.4, 0.5) is 11.5 Å². The van der Waals surface area contributed by atoms with Crippen molar-refractivity contribution in [3.8, 4) is 0 Å².